The van der Waals surface area contributed by atoms with E-state index in [4.69, 9.17) is 10.5 Å². The molecule has 0 aliphatic rings. The molecule has 102 valence electrons. The van der Waals surface area contributed by atoms with E-state index >= 15 is 0 Å². The van der Waals surface area contributed by atoms with Gasteiger partial charge in [0.05, 0.1) is 0 Å². The average Bonchev–Trinajstić information content (AvgIpc) is 2.28. The van der Waals surface area contributed by atoms with Crippen LogP contribution in [-0.4, -0.2) is 33.4 Å². The predicted molar refractivity (Wildman–Crippen MR) is 81.3 cm³/mol. The zero-order valence-corrected chi connectivity index (χ0v) is 13.0. The van der Waals surface area contributed by atoms with Crippen molar-refractivity contribution in [2.24, 2.45) is 5.73 Å². The minimum atomic E-state index is 0.172. The fourth-order valence-electron chi connectivity index (χ4n) is 2.00. The van der Waals surface area contributed by atoms with Gasteiger partial charge in [0.1, 0.15) is 0 Å². The summed E-state index contributed by atoms with van der Waals surface area (Å²) >= 11 is 3.52. The highest BCUT2D eigenvalue weighted by molar-refractivity contribution is 9.10. The van der Waals surface area contributed by atoms with Crippen molar-refractivity contribution in [3.8, 4) is 0 Å². The van der Waals surface area contributed by atoms with E-state index in [2.05, 4.69) is 46.1 Å². The topological polar surface area (TPSA) is 38.5 Å². The summed E-state index contributed by atoms with van der Waals surface area (Å²) in [6.45, 7) is 3.82. The van der Waals surface area contributed by atoms with Gasteiger partial charge in [-0.05, 0) is 43.5 Å². The first-order valence-corrected chi connectivity index (χ1v) is 7.08. The predicted octanol–water partition coefficient (Wildman–Crippen LogP) is 2.81. The molecule has 0 saturated carbocycles. The maximum Gasteiger partial charge on any atom is 0.0479 e. The largest absolute Gasteiger partial charge is 0.385 e. The van der Waals surface area contributed by atoms with Crippen LogP contribution in [0.1, 0.15) is 18.9 Å². The lowest BCUT2D eigenvalue weighted by Crippen LogP contribution is -2.24. The molecule has 3 nitrogen and oxygen atoms in total. The first-order valence-electron chi connectivity index (χ1n) is 6.28. The third-order valence-corrected chi connectivity index (χ3v) is 3.33. The van der Waals surface area contributed by atoms with Crippen molar-refractivity contribution in [1.82, 2.24) is 0 Å². The Labute approximate surface area is 118 Å². The van der Waals surface area contributed by atoms with E-state index < -0.39 is 0 Å². The molecule has 0 saturated heterocycles. The Morgan fingerprint density at radius 3 is 2.78 bits per heavy atom. The van der Waals surface area contributed by atoms with Gasteiger partial charge in [-0.25, -0.2) is 0 Å². The van der Waals surface area contributed by atoms with Crippen molar-refractivity contribution in [3.05, 3.63) is 28.2 Å². The van der Waals surface area contributed by atoms with E-state index in [-0.39, 0.29) is 6.04 Å². The van der Waals surface area contributed by atoms with Crippen LogP contribution in [0.3, 0.4) is 0 Å². The van der Waals surface area contributed by atoms with Crippen molar-refractivity contribution in [2.45, 2.75) is 25.8 Å². The number of hydrogen-bond donors (Lipinski definition) is 1. The highest BCUT2D eigenvalue weighted by Gasteiger charge is 2.09. The summed E-state index contributed by atoms with van der Waals surface area (Å²) in [7, 11) is 3.85. The van der Waals surface area contributed by atoms with Gasteiger partial charge in [-0.3, -0.25) is 0 Å². The van der Waals surface area contributed by atoms with Crippen LogP contribution >= 0.6 is 15.9 Å². The molecule has 0 aliphatic heterocycles. The Hall–Kier alpha value is -0.580. The monoisotopic (exact) mass is 314 g/mol. The number of methoxy groups -OCH3 is 1. The summed E-state index contributed by atoms with van der Waals surface area (Å²) in [6, 6.07) is 6.55. The lowest BCUT2D eigenvalue weighted by Gasteiger charge is -2.23. The van der Waals surface area contributed by atoms with E-state index in [0.29, 0.717) is 0 Å². The van der Waals surface area contributed by atoms with E-state index in [0.717, 1.165) is 30.5 Å². The molecule has 1 rings (SSSR count). The van der Waals surface area contributed by atoms with E-state index in [9.17, 15) is 0 Å². The number of nitrogens with two attached hydrogens (primary N) is 1. The highest BCUT2D eigenvalue weighted by atomic mass is 79.9. The third kappa shape index (κ3) is 4.96. The lowest BCUT2D eigenvalue weighted by atomic mass is 10.0. The number of ether oxygens (including phenoxy) is 1. The maximum atomic E-state index is 5.91. The van der Waals surface area contributed by atoms with Gasteiger partial charge in [0.15, 0.2) is 0 Å². The van der Waals surface area contributed by atoms with Crippen LogP contribution in [0.25, 0.3) is 0 Å². The minimum absolute atomic E-state index is 0.172. The molecule has 1 atom stereocenters. The van der Waals surface area contributed by atoms with Crippen LogP contribution in [0.15, 0.2) is 22.7 Å². The fourth-order valence-corrected chi connectivity index (χ4v) is 2.41. The number of rotatable bonds is 7. The molecule has 0 fully saturated rings. The molecule has 0 bridgehead atoms. The number of halogens is 1. The summed E-state index contributed by atoms with van der Waals surface area (Å²) < 4.78 is 6.19. The molecule has 0 amide bonds. The van der Waals surface area contributed by atoms with Crippen LogP contribution in [0.2, 0.25) is 0 Å². The van der Waals surface area contributed by atoms with Crippen molar-refractivity contribution < 1.29 is 4.74 Å². The molecule has 1 aromatic rings. The molecule has 1 unspecified atom stereocenters. The zero-order chi connectivity index (χ0) is 13.5. The number of anilines is 1. The van der Waals surface area contributed by atoms with Gasteiger partial charge < -0.3 is 15.4 Å². The van der Waals surface area contributed by atoms with E-state index in [1.54, 1.807) is 7.11 Å². The number of nitrogens with zero attached hydrogens (tertiary/aromatic N) is 1. The van der Waals surface area contributed by atoms with Gasteiger partial charge in [-0.2, -0.15) is 0 Å². The van der Waals surface area contributed by atoms with Crippen molar-refractivity contribution in [1.29, 1.82) is 0 Å². The molecule has 0 radical (unpaired) electrons. The molecule has 18 heavy (non-hydrogen) atoms. The van der Waals surface area contributed by atoms with Gasteiger partial charge in [-0.15, -0.1) is 0 Å². The summed E-state index contributed by atoms with van der Waals surface area (Å²) in [4.78, 5) is 2.27. The molecule has 4 heteroatoms. The first kappa shape index (κ1) is 15.5. The Bertz CT molecular complexity index is 369. The normalized spacial score (nSPS) is 12.5. The van der Waals surface area contributed by atoms with E-state index in [1.807, 2.05) is 6.92 Å². The van der Waals surface area contributed by atoms with Crippen LogP contribution in [0.4, 0.5) is 5.69 Å². The second-order valence-corrected chi connectivity index (χ2v) is 5.64. The molecular formula is C14H23BrN2O. The molecule has 1 aromatic carbocycles. The average molecular weight is 315 g/mol. The lowest BCUT2D eigenvalue weighted by molar-refractivity contribution is 0.196. The molecule has 0 heterocycles. The van der Waals surface area contributed by atoms with Gasteiger partial charge in [0.2, 0.25) is 0 Å². The van der Waals surface area contributed by atoms with Crippen molar-refractivity contribution in [3.63, 3.8) is 0 Å². The summed E-state index contributed by atoms with van der Waals surface area (Å²) in [5, 5.41) is 0. The van der Waals surface area contributed by atoms with E-state index in [1.165, 1.54) is 11.3 Å². The smallest absolute Gasteiger partial charge is 0.0479 e. The highest BCUT2D eigenvalue weighted by Crippen LogP contribution is 2.25. The van der Waals surface area contributed by atoms with Crippen molar-refractivity contribution in [2.75, 3.05) is 32.2 Å². The first-order chi connectivity index (χ1) is 8.54. The van der Waals surface area contributed by atoms with Gasteiger partial charge in [0, 0.05) is 43.5 Å². The minimum Gasteiger partial charge on any atom is -0.385 e. The van der Waals surface area contributed by atoms with Crippen LogP contribution in [0.5, 0.6) is 0 Å². The Balaban J connectivity index is 2.78. The molecular weight excluding hydrogens is 292 g/mol. The molecule has 2 N–H and O–H groups in total. The summed E-state index contributed by atoms with van der Waals surface area (Å²) in [5.41, 5.74) is 8.46. The van der Waals surface area contributed by atoms with Gasteiger partial charge in [0.25, 0.3) is 0 Å². The fraction of sp³-hybridized carbons (Fsp3) is 0.571. The maximum absolute atomic E-state index is 5.91. The van der Waals surface area contributed by atoms with Crippen LogP contribution < -0.4 is 10.6 Å². The Kier molecular flexibility index (Phi) is 6.68. The van der Waals surface area contributed by atoms with Crippen molar-refractivity contribution >= 4 is 21.6 Å². The zero-order valence-electron chi connectivity index (χ0n) is 11.4. The Morgan fingerprint density at radius 1 is 1.44 bits per heavy atom. The van der Waals surface area contributed by atoms with Crippen LogP contribution in [-0.2, 0) is 11.2 Å². The number of benzene rings is 1. The number of hydrogen-bond acceptors (Lipinski definition) is 3. The third-order valence-electron chi connectivity index (χ3n) is 2.84. The van der Waals surface area contributed by atoms with Gasteiger partial charge in [-0.1, -0.05) is 15.9 Å². The standard InChI is InChI=1S/C14H23BrN2O/c1-11(16)9-12-10-13(15)5-6-14(12)17(2)7-4-8-18-3/h5-6,10-11H,4,7-9,16H2,1-3H3. The van der Waals surface area contributed by atoms with Crippen LogP contribution in [0, 0.1) is 0 Å². The molecule has 0 aromatic heterocycles. The second kappa shape index (κ2) is 7.77. The molecule has 0 spiro atoms. The second-order valence-electron chi connectivity index (χ2n) is 4.72. The quantitative estimate of drug-likeness (QED) is 0.786. The summed E-state index contributed by atoms with van der Waals surface area (Å²) in [6.07, 6.45) is 1.92. The molecule has 0 aliphatic carbocycles. The summed E-state index contributed by atoms with van der Waals surface area (Å²) in [5.74, 6) is 0. The van der Waals surface area contributed by atoms with Gasteiger partial charge >= 0.3 is 0 Å². The Morgan fingerprint density at radius 2 is 2.17 bits per heavy atom. The SMILES string of the molecule is COCCCN(C)c1ccc(Br)cc1CC(C)N.